The van der Waals surface area contributed by atoms with Gasteiger partial charge in [0.05, 0.1) is 0 Å². The van der Waals surface area contributed by atoms with Crippen LogP contribution in [0.15, 0.2) is 0 Å². The molecule has 0 bridgehead atoms. The van der Waals surface area contributed by atoms with Crippen molar-refractivity contribution in [3.05, 3.63) is 0 Å². The molecule has 0 unspecified atom stereocenters. The van der Waals surface area contributed by atoms with Crippen molar-refractivity contribution in [2.24, 2.45) is 0 Å². The summed E-state index contributed by atoms with van der Waals surface area (Å²) >= 11 is 0. The van der Waals surface area contributed by atoms with Crippen molar-refractivity contribution in [3.63, 3.8) is 0 Å². The van der Waals surface area contributed by atoms with Gasteiger partial charge in [0.15, 0.2) is 0 Å². The smallest absolute Gasteiger partial charge is 1.00 e. The predicted octanol–water partition coefficient (Wildman–Crippen LogP) is -9.37. The Bertz CT molecular complexity index is 6.00. The van der Waals surface area contributed by atoms with Gasteiger partial charge in [-0.25, -0.2) is 0 Å². The molecule has 0 spiro atoms. The second-order valence-electron chi connectivity index (χ2n) is 0. The maximum Gasteiger partial charge on any atom is 2.00 e. The molecule has 0 amide bonds. The summed E-state index contributed by atoms with van der Waals surface area (Å²) in [5.41, 5.74) is 0. The molecule has 0 atom stereocenters. The summed E-state index contributed by atoms with van der Waals surface area (Å²) in [5.74, 6) is 0. The Morgan fingerprint density at radius 1 is 0.750 bits per heavy atom. The predicted molar refractivity (Wildman–Crippen MR) is 5.75 cm³/mol. The molecule has 16 valence electrons. The average Bonchev–Trinajstić information content (AvgIpc) is 0. The van der Waals surface area contributed by atoms with Crippen LogP contribution in [0.1, 0.15) is 0 Å². The van der Waals surface area contributed by atoms with Crippen molar-refractivity contribution < 1.29 is 43.7 Å². The molecule has 0 N–H and O–H groups in total. The molecule has 0 fully saturated rings. The van der Waals surface area contributed by atoms with Crippen LogP contribution in [0.25, 0.3) is 0 Å². The molecule has 0 heterocycles. The van der Waals surface area contributed by atoms with Gasteiger partial charge in [0.2, 0.25) is 0 Å². The number of halogens is 2. The average molecular weight is 165 g/mol. The van der Waals surface area contributed by atoms with Gasteiger partial charge in [0.25, 0.3) is 0 Å². The largest absolute Gasteiger partial charge is 2.00 e. The third-order valence-electron chi connectivity index (χ3n) is 0. The van der Waals surface area contributed by atoms with Crippen LogP contribution < -0.4 is 43.7 Å². The third-order valence-corrected chi connectivity index (χ3v) is 0. The van der Waals surface area contributed by atoms with Gasteiger partial charge >= 0.3 is 64.3 Å². The molecule has 4 heteroatoms. The second-order valence-corrected chi connectivity index (χ2v) is 0. The van der Waals surface area contributed by atoms with Crippen LogP contribution in [-0.2, 0) is 0 Å². The Morgan fingerprint density at radius 2 is 0.750 bits per heavy atom. The molecule has 0 aliphatic rings. The minimum Gasteiger partial charge on any atom is -1.00 e. The van der Waals surface area contributed by atoms with E-state index in [-0.39, 0.29) is 89.2 Å². The molecular weight excluding hydrogens is 165 g/mol. The molecule has 0 radical (unpaired) electrons. The van der Waals surface area contributed by atoms with Crippen LogP contribution in [0, 0.1) is 0 Å². The van der Waals surface area contributed by atoms with Crippen LogP contribution in [0.2, 0.25) is 0 Å². The van der Waals surface area contributed by atoms with Crippen molar-refractivity contribution in [1.82, 2.24) is 0 Å². The second kappa shape index (κ2) is 17.4. The van der Waals surface area contributed by atoms with E-state index in [1.807, 2.05) is 0 Å². The molecule has 0 nitrogen and oxygen atoms in total. The van der Waals surface area contributed by atoms with Crippen molar-refractivity contribution in [2.45, 2.75) is 0 Å². The third kappa shape index (κ3) is 8.82. The van der Waals surface area contributed by atoms with Gasteiger partial charge in [0.1, 0.15) is 0 Å². The van der Waals surface area contributed by atoms with E-state index in [1.165, 1.54) is 0 Å². The Balaban J connectivity index is 0. The molecule has 0 saturated heterocycles. The van der Waals surface area contributed by atoms with Crippen LogP contribution in [0.3, 0.4) is 0 Å². The van der Waals surface area contributed by atoms with Crippen molar-refractivity contribution in [3.8, 4) is 0 Å². The zero-order chi connectivity index (χ0) is 0. The van der Waals surface area contributed by atoms with Gasteiger partial charge in [0, 0.05) is 0 Å². The molecule has 0 rings (SSSR count). The van der Waals surface area contributed by atoms with E-state index < -0.39 is 0 Å². The van der Waals surface area contributed by atoms with Crippen molar-refractivity contribution >= 4 is 45.5 Å². The summed E-state index contributed by atoms with van der Waals surface area (Å²) in [6.45, 7) is 0. The first-order chi connectivity index (χ1) is 0. The van der Waals surface area contributed by atoms with E-state index >= 15 is 0 Å². The molecule has 4 heavy (non-hydrogen) atoms. The van der Waals surface area contributed by atoms with Crippen molar-refractivity contribution in [2.75, 3.05) is 0 Å². The molecule has 0 aromatic carbocycles. The van der Waals surface area contributed by atoms with Gasteiger partial charge in [-0.1, -0.05) is 0 Å². The minimum atomic E-state index is 0. The summed E-state index contributed by atoms with van der Waals surface area (Å²) in [5, 5.41) is 0. The monoisotopic (exact) mass is 165 g/mol. The van der Waals surface area contributed by atoms with Crippen LogP contribution in [0.5, 0.6) is 0 Å². The van der Waals surface area contributed by atoms with Gasteiger partial charge < -0.3 is 24.8 Å². The fourth-order valence-corrected chi connectivity index (χ4v) is 0. The van der Waals surface area contributed by atoms with Gasteiger partial charge in [-0.15, -0.1) is 0 Å². The summed E-state index contributed by atoms with van der Waals surface area (Å²) in [4.78, 5) is 0. The molecule has 0 aliphatic heterocycles. The first-order valence-corrected chi connectivity index (χ1v) is 0. The van der Waals surface area contributed by atoms with Crippen LogP contribution in [0.4, 0.5) is 0 Å². The van der Waals surface area contributed by atoms with Gasteiger partial charge in [-0.3, -0.25) is 0 Å². The Hall–Kier alpha value is 2.66. The summed E-state index contributed by atoms with van der Waals surface area (Å²) in [7, 11) is 0. The summed E-state index contributed by atoms with van der Waals surface area (Å²) < 4.78 is 0. The summed E-state index contributed by atoms with van der Waals surface area (Å²) in [6.07, 6.45) is 0. The normalized spacial score (nSPS) is 0. The van der Waals surface area contributed by atoms with E-state index in [2.05, 4.69) is 0 Å². The Kier molecular flexibility index (Phi) is 131. The molecule has 0 aliphatic carbocycles. The Labute approximate surface area is 87.4 Å². The fourth-order valence-electron chi connectivity index (χ4n) is 0. The minimum absolute atomic E-state index is 0. The fraction of sp³-hybridized carbons (Fsp3) is 0. The zero-order valence-electron chi connectivity index (χ0n) is 2.46. The Morgan fingerprint density at radius 3 is 0.750 bits per heavy atom. The molecule has 0 aromatic heterocycles. The van der Waals surface area contributed by atoms with Crippen LogP contribution in [-0.4, -0.2) is 45.5 Å². The molecule has 0 saturated carbocycles. The SMILES string of the molecule is [Cl-].[Cl-].[Li+].[Sr+2]. The van der Waals surface area contributed by atoms with E-state index in [1.54, 1.807) is 0 Å². The number of hydrogen-bond acceptors (Lipinski definition) is 0. The summed E-state index contributed by atoms with van der Waals surface area (Å²) in [6, 6.07) is 0. The quantitative estimate of drug-likeness (QED) is 0.313. The van der Waals surface area contributed by atoms with Crippen molar-refractivity contribution in [1.29, 1.82) is 0 Å². The molecule has 0 aromatic rings. The first-order valence-electron chi connectivity index (χ1n) is 0. The topological polar surface area (TPSA) is 0 Å². The molecular formula is Cl2LiSr+. The first kappa shape index (κ1) is 30.2. The van der Waals surface area contributed by atoms with Gasteiger partial charge in [-0.2, -0.15) is 0 Å². The van der Waals surface area contributed by atoms with E-state index in [0.717, 1.165) is 0 Å². The van der Waals surface area contributed by atoms with E-state index in [9.17, 15) is 0 Å². The maximum atomic E-state index is 0. The maximum absolute atomic E-state index is 0. The van der Waals surface area contributed by atoms with E-state index in [0.29, 0.717) is 0 Å². The zero-order valence-corrected chi connectivity index (χ0v) is 7.45. The number of rotatable bonds is 0. The van der Waals surface area contributed by atoms with Crippen LogP contribution >= 0.6 is 0 Å². The van der Waals surface area contributed by atoms with E-state index in [4.69, 9.17) is 0 Å². The standard InChI is InChI=1S/2ClH.Li.Sr/h2*1H;;/q;;+1;+2/p-2. The number of hydrogen-bond donors (Lipinski definition) is 0. The van der Waals surface area contributed by atoms with Gasteiger partial charge in [-0.05, 0) is 0 Å².